The number of hydrogen-bond acceptors (Lipinski definition) is 5. The predicted molar refractivity (Wildman–Crippen MR) is 101 cm³/mol. The fourth-order valence-electron chi connectivity index (χ4n) is 3.89. The van der Waals surface area contributed by atoms with Crippen molar-refractivity contribution in [3.8, 4) is 5.75 Å². The molecule has 138 valence electrons. The van der Waals surface area contributed by atoms with Crippen LogP contribution in [0.15, 0.2) is 59.7 Å². The SMILES string of the molecule is CCCC1=NN(c2ccccc2)C(=O)[C@@]12Oc1ccccc1[C@@H]2C[N+](=O)[O-]. The van der Waals surface area contributed by atoms with Crippen LogP contribution in [0.1, 0.15) is 31.2 Å². The van der Waals surface area contributed by atoms with Crippen LogP contribution in [0.3, 0.4) is 0 Å². The zero-order chi connectivity index (χ0) is 19.0. The summed E-state index contributed by atoms with van der Waals surface area (Å²) in [6.45, 7) is 1.59. The number of amides is 1. The van der Waals surface area contributed by atoms with E-state index in [9.17, 15) is 14.9 Å². The molecule has 2 aliphatic heterocycles. The van der Waals surface area contributed by atoms with Gasteiger partial charge in [-0.2, -0.15) is 10.1 Å². The van der Waals surface area contributed by atoms with Crippen LogP contribution in [-0.4, -0.2) is 28.7 Å². The van der Waals surface area contributed by atoms with E-state index in [1.807, 2.05) is 25.1 Å². The first kappa shape index (κ1) is 17.2. The van der Waals surface area contributed by atoms with Crippen LogP contribution >= 0.6 is 0 Å². The summed E-state index contributed by atoms with van der Waals surface area (Å²) in [7, 11) is 0. The van der Waals surface area contributed by atoms with E-state index in [-0.39, 0.29) is 10.8 Å². The quantitative estimate of drug-likeness (QED) is 0.600. The number of nitrogens with zero attached hydrogens (tertiary/aromatic N) is 3. The number of carbonyl (C=O) groups is 1. The van der Waals surface area contributed by atoms with Crippen LogP contribution in [-0.2, 0) is 4.79 Å². The highest BCUT2D eigenvalue weighted by Crippen LogP contribution is 2.49. The van der Waals surface area contributed by atoms with Crippen LogP contribution in [0.4, 0.5) is 5.69 Å². The van der Waals surface area contributed by atoms with E-state index >= 15 is 0 Å². The van der Waals surface area contributed by atoms with Crippen molar-refractivity contribution >= 4 is 17.3 Å². The summed E-state index contributed by atoms with van der Waals surface area (Å²) in [5.74, 6) is -0.577. The molecule has 0 N–H and O–H groups in total. The molecule has 1 spiro atoms. The lowest BCUT2D eigenvalue weighted by molar-refractivity contribution is -0.484. The predicted octanol–water partition coefficient (Wildman–Crippen LogP) is 3.38. The second kappa shape index (κ2) is 6.50. The first-order valence-electron chi connectivity index (χ1n) is 8.95. The molecule has 2 aromatic carbocycles. The first-order valence-corrected chi connectivity index (χ1v) is 8.95. The molecule has 7 nitrogen and oxygen atoms in total. The summed E-state index contributed by atoms with van der Waals surface area (Å²) < 4.78 is 6.17. The minimum Gasteiger partial charge on any atom is -0.470 e. The fourth-order valence-corrected chi connectivity index (χ4v) is 3.89. The number of hydrazone groups is 1. The Bertz CT molecular complexity index is 928. The third-order valence-electron chi connectivity index (χ3n) is 5.03. The van der Waals surface area contributed by atoms with Crippen LogP contribution < -0.4 is 9.75 Å². The van der Waals surface area contributed by atoms with Crippen LogP contribution in [0.5, 0.6) is 5.75 Å². The van der Waals surface area contributed by atoms with Crippen molar-refractivity contribution in [2.24, 2.45) is 5.10 Å². The van der Waals surface area contributed by atoms with Gasteiger partial charge in [-0.15, -0.1) is 0 Å². The van der Waals surface area contributed by atoms with E-state index in [2.05, 4.69) is 5.10 Å². The third kappa shape index (κ3) is 2.58. The zero-order valence-electron chi connectivity index (χ0n) is 14.9. The largest absolute Gasteiger partial charge is 0.470 e. The van der Waals surface area contributed by atoms with E-state index in [4.69, 9.17) is 4.74 Å². The molecular weight excluding hydrogens is 346 g/mol. The average Bonchev–Trinajstić information content (AvgIpc) is 3.13. The highest BCUT2D eigenvalue weighted by Gasteiger charge is 2.64. The van der Waals surface area contributed by atoms with Gasteiger partial charge in [-0.05, 0) is 24.6 Å². The van der Waals surface area contributed by atoms with Crippen molar-refractivity contribution in [3.05, 3.63) is 70.3 Å². The highest BCUT2D eigenvalue weighted by atomic mass is 16.6. The molecule has 0 saturated carbocycles. The maximum atomic E-state index is 13.5. The molecule has 2 heterocycles. The minimum absolute atomic E-state index is 0.375. The molecule has 2 aliphatic rings. The van der Waals surface area contributed by atoms with Gasteiger partial charge in [0, 0.05) is 10.5 Å². The molecule has 27 heavy (non-hydrogen) atoms. The van der Waals surface area contributed by atoms with Gasteiger partial charge in [0.1, 0.15) is 11.7 Å². The molecule has 0 fully saturated rings. The number of para-hydroxylation sites is 2. The van der Waals surface area contributed by atoms with Crippen molar-refractivity contribution in [2.75, 3.05) is 11.6 Å². The summed E-state index contributed by atoms with van der Waals surface area (Å²) in [4.78, 5) is 24.6. The number of fused-ring (bicyclic) bond motifs is 1. The Labute approximate surface area is 156 Å². The van der Waals surface area contributed by atoms with Crippen LogP contribution in [0.25, 0.3) is 0 Å². The first-order chi connectivity index (χ1) is 13.1. The van der Waals surface area contributed by atoms with E-state index in [0.717, 1.165) is 6.42 Å². The maximum absolute atomic E-state index is 13.5. The molecular formula is C20H19N3O4. The van der Waals surface area contributed by atoms with Gasteiger partial charge in [0.15, 0.2) is 0 Å². The van der Waals surface area contributed by atoms with Gasteiger partial charge in [-0.1, -0.05) is 49.7 Å². The van der Waals surface area contributed by atoms with Crippen molar-refractivity contribution in [1.29, 1.82) is 0 Å². The Kier molecular flexibility index (Phi) is 4.14. The lowest BCUT2D eigenvalue weighted by atomic mass is 9.79. The Morgan fingerprint density at radius 2 is 1.89 bits per heavy atom. The Morgan fingerprint density at radius 1 is 1.19 bits per heavy atom. The zero-order valence-corrected chi connectivity index (χ0v) is 14.9. The van der Waals surface area contributed by atoms with Gasteiger partial charge in [-0.3, -0.25) is 14.9 Å². The number of anilines is 1. The van der Waals surface area contributed by atoms with Crippen LogP contribution in [0, 0.1) is 10.1 Å². The summed E-state index contributed by atoms with van der Waals surface area (Å²) in [5.41, 5.74) is 0.387. The van der Waals surface area contributed by atoms with Gasteiger partial charge < -0.3 is 4.74 Å². The highest BCUT2D eigenvalue weighted by molar-refractivity contribution is 6.23. The number of benzene rings is 2. The topological polar surface area (TPSA) is 85.0 Å². The monoisotopic (exact) mass is 365 g/mol. The van der Waals surface area contributed by atoms with Gasteiger partial charge in [0.05, 0.1) is 11.4 Å². The number of rotatable bonds is 5. The second-order valence-electron chi connectivity index (χ2n) is 6.69. The molecule has 0 radical (unpaired) electrons. The van der Waals surface area contributed by atoms with Crippen LogP contribution in [0.2, 0.25) is 0 Å². The van der Waals surface area contributed by atoms with Crippen molar-refractivity contribution in [1.82, 2.24) is 0 Å². The lowest BCUT2D eigenvalue weighted by Gasteiger charge is -2.28. The molecule has 0 saturated heterocycles. The van der Waals surface area contributed by atoms with Gasteiger partial charge in [0.2, 0.25) is 12.1 Å². The molecule has 4 rings (SSSR count). The lowest BCUT2D eigenvalue weighted by Crippen LogP contribution is -2.54. The summed E-state index contributed by atoms with van der Waals surface area (Å²) >= 11 is 0. The number of nitro groups is 1. The molecule has 0 unspecified atom stereocenters. The summed E-state index contributed by atoms with van der Waals surface area (Å²) in [5, 5.41) is 17.3. The Balaban J connectivity index is 1.85. The smallest absolute Gasteiger partial charge is 0.298 e. The molecule has 0 aliphatic carbocycles. The molecule has 1 amide bonds. The molecule has 2 atom stereocenters. The van der Waals surface area contributed by atoms with Crippen molar-refractivity contribution in [3.63, 3.8) is 0 Å². The molecule has 0 bridgehead atoms. The Hall–Kier alpha value is -3.22. The number of carbonyl (C=O) groups excluding carboxylic acids is 1. The van der Waals surface area contributed by atoms with Gasteiger partial charge in [-0.25, -0.2) is 0 Å². The molecule has 2 aromatic rings. The minimum atomic E-state index is -1.46. The Morgan fingerprint density at radius 3 is 2.59 bits per heavy atom. The maximum Gasteiger partial charge on any atom is 0.298 e. The summed E-state index contributed by atoms with van der Waals surface area (Å²) in [6.07, 6.45) is 1.28. The fraction of sp³-hybridized carbons (Fsp3) is 0.300. The second-order valence-corrected chi connectivity index (χ2v) is 6.69. The number of ether oxygens (including phenoxy) is 1. The van der Waals surface area contributed by atoms with E-state index in [1.165, 1.54) is 5.01 Å². The standard InChI is InChI=1S/C20H19N3O4/c1-2-8-18-20(19(24)23(21-18)14-9-4-3-5-10-14)16(13-22(25)26)15-11-6-7-12-17(15)27-20/h3-7,9-12,16H,2,8,13H2,1H3/t16-,20-/m0/s1. The number of hydrogen-bond donors (Lipinski definition) is 0. The normalized spacial score (nSPS) is 23.3. The molecule has 7 heteroatoms. The summed E-state index contributed by atoms with van der Waals surface area (Å²) in [6, 6.07) is 16.2. The van der Waals surface area contributed by atoms with E-state index in [1.54, 1.807) is 36.4 Å². The third-order valence-corrected chi connectivity index (χ3v) is 5.03. The van der Waals surface area contributed by atoms with E-state index < -0.39 is 18.1 Å². The molecule has 0 aromatic heterocycles. The van der Waals surface area contributed by atoms with Gasteiger partial charge >= 0.3 is 0 Å². The van der Waals surface area contributed by atoms with Crippen molar-refractivity contribution in [2.45, 2.75) is 31.3 Å². The average molecular weight is 365 g/mol. The van der Waals surface area contributed by atoms with Crippen molar-refractivity contribution < 1.29 is 14.5 Å². The van der Waals surface area contributed by atoms with E-state index in [0.29, 0.717) is 29.1 Å². The van der Waals surface area contributed by atoms with Gasteiger partial charge in [0.25, 0.3) is 5.91 Å².